The van der Waals surface area contributed by atoms with Gasteiger partial charge in [-0.05, 0) is 117 Å². The lowest BCUT2D eigenvalue weighted by atomic mass is 9.44. The standard InChI is InChI=1S/C29H48O4/c1-6-18(2)27(32)33-21-13-15-28(4)20(17-21)8-9-22-24-11-10-23(19(3)7-12-26(30)31)29(24,5)16-14-25(22)28/h18-25H,6-17H2,1-5H3,(H,30,31)/t18?,19?,20?,21-,22?,23?,24?,25?,28-,29+/m0/s1. The molecule has 0 heterocycles. The summed E-state index contributed by atoms with van der Waals surface area (Å²) in [6, 6.07) is 0. The summed E-state index contributed by atoms with van der Waals surface area (Å²) in [5, 5.41) is 9.17. The summed E-state index contributed by atoms with van der Waals surface area (Å²) in [6.45, 7) is 11.5. The summed E-state index contributed by atoms with van der Waals surface area (Å²) in [7, 11) is 0. The van der Waals surface area contributed by atoms with E-state index in [0.717, 1.165) is 43.4 Å². The van der Waals surface area contributed by atoms with Crippen molar-refractivity contribution in [2.45, 2.75) is 118 Å². The van der Waals surface area contributed by atoms with Gasteiger partial charge >= 0.3 is 11.9 Å². The van der Waals surface area contributed by atoms with Gasteiger partial charge in [0.15, 0.2) is 0 Å². The summed E-state index contributed by atoms with van der Waals surface area (Å²) in [5.41, 5.74) is 0.793. The van der Waals surface area contributed by atoms with Crippen molar-refractivity contribution in [3.8, 4) is 0 Å². The third-order valence-electron chi connectivity index (χ3n) is 11.5. The number of carbonyl (C=O) groups excluding carboxylic acids is 1. The Kier molecular flexibility index (Phi) is 7.23. The molecule has 0 saturated heterocycles. The smallest absolute Gasteiger partial charge is 0.308 e. The third kappa shape index (κ3) is 4.49. The van der Waals surface area contributed by atoms with Crippen LogP contribution in [0.3, 0.4) is 0 Å². The van der Waals surface area contributed by atoms with Crippen LogP contribution >= 0.6 is 0 Å². The van der Waals surface area contributed by atoms with Crippen LogP contribution in [-0.4, -0.2) is 23.1 Å². The van der Waals surface area contributed by atoms with Crippen molar-refractivity contribution in [1.29, 1.82) is 0 Å². The highest BCUT2D eigenvalue weighted by molar-refractivity contribution is 5.72. The predicted octanol–water partition coefficient (Wildman–Crippen LogP) is 7.10. The Morgan fingerprint density at radius 3 is 2.36 bits per heavy atom. The molecule has 4 fully saturated rings. The Labute approximate surface area is 201 Å². The van der Waals surface area contributed by atoms with Crippen molar-refractivity contribution >= 4 is 11.9 Å². The molecular formula is C29H48O4. The fraction of sp³-hybridized carbons (Fsp3) is 0.931. The highest BCUT2D eigenvalue weighted by Crippen LogP contribution is 2.68. The topological polar surface area (TPSA) is 63.6 Å². The molecule has 4 heteroatoms. The summed E-state index contributed by atoms with van der Waals surface area (Å²) in [4.78, 5) is 23.5. The molecule has 1 N–H and O–H groups in total. The molecule has 0 aromatic heterocycles. The van der Waals surface area contributed by atoms with E-state index < -0.39 is 5.97 Å². The normalized spacial score (nSPS) is 44.2. The Morgan fingerprint density at radius 1 is 0.970 bits per heavy atom. The average molecular weight is 461 g/mol. The van der Waals surface area contributed by atoms with Crippen LogP contribution in [0.2, 0.25) is 0 Å². The quantitative estimate of drug-likeness (QED) is 0.411. The molecule has 4 saturated carbocycles. The van der Waals surface area contributed by atoms with Gasteiger partial charge in [-0.15, -0.1) is 0 Å². The van der Waals surface area contributed by atoms with Gasteiger partial charge in [0.25, 0.3) is 0 Å². The zero-order chi connectivity index (χ0) is 24.0. The molecule has 0 aromatic rings. The maximum atomic E-state index is 12.4. The van der Waals surface area contributed by atoms with Gasteiger partial charge in [-0.25, -0.2) is 0 Å². The number of ether oxygens (including phenoxy) is 1. The molecular weight excluding hydrogens is 412 g/mol. The molecule has 0 spiro atoms. The highest BCUT2D eigenvalue weighted by Gasteiger charge is 2.60. The van der Waals surface area contributed by atoms with Gasteiger partial charge in [-0.2, -0.15) is 0 Å². The molecule has 4 aliphatic rings. The van der Waals surface area contributed by atoms with Gasteiger partial charge in [-0.1, -0.05) is 34.6 Å². The highest BCUT2D eigenvalue weighted by atomic mass is 16.5. The SMILES string of the molecule is CCC(C)C(=O)O[C@H]1CC[C@@]2(C)C(CCC3C4CCC(C(C)CCC(=O)O)[C@@]4(C)CCC32)C1. The molecule has 10 atom stereocenters. The van der Waals surface area contributed by atoms with Crippen LogP contribution in [0, 0.1) is 52.3 Å². The minimum absolute atomic E-state index is 0.00207. The first-order valence-corrected chi connectivity index (χ1v) is 14.0. The third-order valence-corrected chi connectivity index (χ3v) is 11.5. The average Bonchev–Trinajstić information content (AvgIpc) is 3.14. The lowest BCUT2D eigenvalue weighted by Gasteiger charge is -2.61. The molecule has 0 bridgehead atoms. The number of aliphatic carboxylic acids is 1. The molecule has 4 aliphatic carbocycles. The summed E-state index contributed by atoms with van der Waals surface area (Å²) in [6.07, 6.45) is 13.4. The monoisotopic (exact) mass is 460 g/mol. The fourth-order valence-electron chi connectivity index (χ4n) is 9.30. The summed E-state index contributed by atoms with van der Waals surface area (Å²) < 4.78 is 5.96. The number of hydrogen-bond donors (Lipinski definition) is 1. The van der Waals surface area contributed by atoms with Gasteiger partial charge in [0.1, 0.15) is 6.10 Å². The number of hydrogen-bond acceptors (Lipinski definition) is 3. The zero-order valence-corrected chi connectivity index (χ0v) is 21.8. The van der Waals surface area contributed by atoms with E-state index in [9.17, 15) is 14.7 Å². The summed E-state index contributed by atoms with van der Waals surface area (Å²) >= 11 is 0. The molecule has 0 aliphatic heterocycles. The van der Waals surface area contributed by atoms with Gasteiger partial charge < -0.3 is 9.84 Å². The first-order chi connectivity index (χ1) is 15.6. The van der Waals surface area contributed by atoms with E-state index in [1.807, 2.05) is 6.92 Å². The number of carboxylic acids is 1. The van der Waals surface area contributed by atoms with Gasteiger partial charge in [0.2, 0.25) is 0 Å². The van der Waals surface area contributed by atoms with Crippen molar-refractivity contribution in [2.75, 3.05) is 0 Å². The van der Waals surface area contributed by atoms with Gasteiger partial charge in [-0.3, -0.25) is 9.59 Å². The van der Waals surface area contributed by atoms with E-state index in [1.54, 1.807) is 0 Å². The Morgan fingerprint density at radius 2 is 1.67 bits per heavy atom. The number of fused-ring (bicyclic) bond motifs is 5. The second-order valence-electron chi connectivity index (χ2n) is 12.9. The molecule has 4 nitrogen and oxygen atoms in total. The molecule has 188 valence electrons. The number of rotatable bonds is 7. The number of carbonyl (C=O) groups is 2. The van der Waals surface area contributed by atoms with Crippen molar-refractivity contribution in [3.63, 3.8) is 0 Å². The molecule has 7 unspecified atom stereocenters. The van der Waals surface area contributed by atoms with E-state index in [0.29, 0.717) is 35.0 Å². The van der Waals surface area contributed by atoms with Crippen LogP contribution < -0.4 is 0 Å². The minimum Gasteiger partial charge on any atom is -0.481 e. The van der Waals surface area contributed by atoms with E-state index in [-0.39, 0.29) is 18.0 Å². The van der Waals surface area contributed by atoms with Crippen molar-refractivity contribution in [3.05, 3.63) is 0 Å². The van der Waals surface area contributed by atoms with Crippen molar-refractivity contribution in [1.82, 2.24) is 0 Å². The number of esters is 1. The van der Waals surface area contributed by atoms with E-state index in [2.05, 4.69) is 27.7 Å². The van der Waals surface area contributed by atoms with Crippen LogP contribution in [0.25, 0.3) is 0 Å². The molecule has 33 heavy (non-hydrogen) atoms. The number of carboxylic acid groups (broad SMARTS) is 1. The van der Waals surface area contributed by atoms with Gasteiger partial charge in [0.05, 0.1) is 5.92 Å². The van der Waals surface area contributed by atoms with E-state index in [1.165, 1.54) is 44.9 Å². The summed E-state index contributed by atoms with van der Waals surface area (Å²) in [5.74, 6) is 3.71. The largest absolute Gasteiger partial charge is 0.481 e. The van der Waals surface area contributed by atoms with E-state index >= 15 is 0 Å². The predicted molar refractivity (Wildman–Crippen MR) is 131 cm³/mol. The van der Waals surface area contributed by atoms with Crippen LogP contribution in [0.5, 0.6) is 0 Å². The first-order valence-electron chi connectivity index (χ1n) is 14.0. The Bertz CT molecular complexity index is 733. The lowest BCUT2D eigenvalue weighted by Crippen LogP contribution is -2.54. The van der Waals surface area contributed by atoms with E-state index in [4.69, 9.17) is 4.74 Å². The second-order valence-corrected chi connectivity index (χ2v) is 12.9. The van der Waals surface area contributed by atoms with Gasteiger partial charge in [0, 0.05) is 6.42 Å². The van der Waals surface area contributed by atoms with Crippen LogP contribution in [0.4, 0.5) is 0 Å². The van der Waals surface area contributed by atoms with Crippen LogP contribution in [0.1, 0.15) is 112 Å². The zero-order valence-electron chi connectivity index (χ0n) is 21.8. The maximum Gasteiger partial charge on any atom is 0.308 e. The lowest BCUT2D eigenvalue weighted by molar-refractivity contribution is -0.166. The minimum atomic E-state index is -0.651. The molecule has 4 rings (SSSR count). The molecule has 0 amide bonds. The maximum absolute atomic E-state index is 12.4. The fourth-order valence-corrected chi connectivity index (χ4v) is 9.30. The first kappa shape index (κ1) is 25.0. The Balaban J connectivity index is 1.42. The van der Waals surface area contributed by atoms with Crippen molar-refractivity contribution in [2.24, 2.45) is 52.3 Å². The molecule has 0 aromatic carbocycles. The Hall–Kier alpha value is -1.06. The van der Waals surface area contributed by atoms with Crippen LogP contribution in [-0.2, 0) is 14.3 Å². The van der Waals surface area contributed by atoms with Crippen LogP contribution in [0.15, 0.2) is 0 Å². The second kappa shape index (κ2) is 9.53. The van der Waals surface area contributed by atoms with Crippen molar-refractivity contribution < 1.29 is 19.4 Å². The molecule has 0 radical (unpaired) electrons.